The average Bonchev–Trinajstić information content (AvgIpc) is 3.35. The van der Waals surface area contributed by atoms with Crippen molar-refractivity contribution in [3.05, 3.63) is 70.3 Å². The number of amides is 3. The van der Waals surface area contributed by atoms with Gasteiger partial charge in [-0.1, -0.05) is 29.8 Å². The van der Waals surface area contributed by atoms with E-state index in [9.17, 15) is 36.3 Å². The fraction of sp³-hybridized carbons (Fsp3) is 0.393. The molecule has 2 aliphatic heterocycles. The van der Waals surface area contributed by atoms with E-state index in [1.165, 1.54) is 35.2 Å². The molecule has 42 heavy (non-hydrogen) atoms. The van der Waals surface area contributed by atoms with Crippen LogP contribution in [0.2, 0.25) is 5.02 Å². The number of hydrogen-bond acceptors (Lipinski definition) is 7. The van der Waals surface area contributed by atoms with Gasteiger partial charge in [-0.2, -0.15) is 18.4 Å². The highest BCUT2D eigenvalue weighted by atomic mass is 35.5. The van der Waals surface area contributed by atoms with Gasteiger partial charge in [-0.3, -0.25) is 9.69 Å². The van der Waals surface area contributed by atoms with E-state index < -0.39 is 50.2 Å². The molecule has 0 bridgehead atoms. The molecule has 1 atom stereocenters. The highest BCUT2D eigenvalue weighted by molar-refractivity contribution is 7.90. The summed E-state index contributed by atoms with van der Waals surface area (Å²) in [7, 11) is -3.61. The fourth-order valence-electron chi connectivity index (χ4n) is 5.13. The summed E-state index contributed by atoms with van der Waals surface area (Å²) >= 11 is 6.12. The Hall–Kier alpha value is -3.44. The minimum Gasteiger partial charge on any atom is -0.384 e. The monoisotopic (exact) mass is 624 g/mol. The van der Waals surface area contributed by atoms with Gasteiger partial charge in [0.1, 0.15) is 11.1 Å². The highest BCUT2D eigenvalue weighted by Crippen LogP contribution is 2.38. The predicted octanol–water partition coefficient (Wildman–Crippen LogP) is 4.33. The van der Waals surface area contributed by atoms with Crippen LogP contribution in [-0.4, -0.2) is 73.2 Å². The lowest BCUT2D eigenvalue weighted by atomic mass is 9.90. The topological polar surface area (TPSA) is 122 Å². The second-order valence-electron chi connectivity index (χ2n) is 10.8. The van der Waals surface area contributed by atoms with Gasteiger partial charge >= 0.3 is 12.2 Å². The van der Waals surface area contributed by atoms with E-state index >= 15 is 0 Å². The number of alkyl halides is 3. The number of rotatable bonds is 7. The number of hydrogen-bond donors (Lipinski definition) is 1. The summed E-state index contributed by atoms with van der Waals surface area (Å²) in [4.78, 5) is 30.4. The van der Waals surface area contributed by atoms with E-state index in [1.807, 2.05) is 4.90 Å². The number of benzene rings is 2. The van der Waals surface area contributed by atoms with Crippen molar-refractivity contribution in [2.45, 2.75) is 42.5 Å². The van der Waals surface area contributed by atoms with Crippen LogP contribution in [0, 0.1) is 11.3 Å². The minimum atomic E-state index is -4.73. The molecule has 14 heteroatoms. The SMILES string of the molecule is CC1(C)C(=O)N(c2ccc(S(C)(=O)=O)c(Cl)c2)C(=O)N1C/C=C\CN1CCC(O)(c2ccc(C#N)c(C(F)(F)F)c2)C1. The number of imide groups is 1. The molecule has 0 aliphatic carbocycles. The van der Waals surface area contributed by atoms with E-state index in [2.05, 4.69) is 0 Å². The molecule has 2 saturated heterocycles. The second kappa shape index (κ2) is 11.0. The lowest BCUT2D eigenvalue weighted by Crippen LogP contribution is -2.44. The molecule has 2 aliphatic rings. The van der Waals surface area contributed by atoms with Gasteiger partial charge in [-0.15, -0.1) is 0 Å². The first-order valence-corrected chi connectivity index (χ1v) is 15.0. The molecule has 0 saturated carbocycles. The Morgan fingerprint density at radius 3 is 2.38 bits per heavy atom. The van der Waals surface area contributed by atoms with Crippen molar-refractivity contribution >= 4 is 39.1 Å². The first-order chi connectivity index (χ1) is 19.4. The largest absolute Gasteiger partial charge is 0.417 e. The van der Waals surface area contributed by atoms with Gasteiger partial charge in [0.05, 0.1) is 32.8 Å². The number of aliphatic hydroxyl groups is 1. The van der Waals surface area contributed by atoms with Crippen LogP contribution in [0.15, 0.2) is 53.4 Å². The Bertz CT molecular complexity index is 1620. The first-order valence-electron chi connectivity index (χ1n) is 12.8. The van der Waals surface area contributed by atoms with Crippen molar-refractivity contribution in [3.63, 3.8) is 0 Å². The third-order valence-corrected chi connectivity index (χ3v) is 9.10. The molecule has 2 heterocycles. The molecule has 2 aromatic carbocycles. The Labute approximate surface area is 246 Å². The zero-order valence-electron chi connectivity index (χ0n) is 22.9. The standard InChI is InChI=1S/C28H28ClF3N4O5S/c1-26(2)24(37)36(20-8-9-23(22(29)15-20)42(3,40)41)25(38)35(26)12-5-4-11-34-13-10-27(39,17-34)19-7-6-18(16-33)21(14-19)28(30,31)32/h4-9,14-15,39H,10-13,17H2,1-3H3/b5-4-. The minimum absolute atomic E-state index is 0.0607. The maximum absolute atomic E-state index is 13.4. The number of anilines is 1. The van der Waals surface area contributed by atoms with Gasteiger partial charge in [0.2, 0.25) is 0 Å². The smallest absolute Gasteiger partial charge is 0.384 e. The van der Waals surface area contributed by atoms with Gasteiger partial charge in [-0.05, 0) is 56.2 Å². The van der Waals surface area contributed by atoms with E-state index in [0.717, 1.165) is 23.3 Å². The van der Waals surface area contributed by atoms with E-state index in [0.29, 0.717) is 13.1 Å². The van der Waals surface area contributed by atoms with E-state index in [1.54, 1.807) is 26.0 Å². The number of sulfone groups is 1. The van der Waals surface area contributed by atoms with Crippen LogP contribution in [-0.2, 0) is 26.4 Å². The predicted molar refractivity (Wildman–Crippen MR) is 148 cm³/mol. The number of nitriles is 1. The summed E-state index contributed by atoms with van der Waals surface area (Å²) in [5.74, 6) is -0.519. The molecular formula is C28H28ClF3N4O5S. The molecular weight excluding hydrogens is 597 g/mol. The van der Waals surface area contributed by atoms with Crippen LogP contribution in [0.4, 0.5) is 23.7 Å². The molecule has 9 nitrogen and oxygen atoms in total. The summed E-state index contributed by atoms with van der Waals surface area (Å²) in [6.07, 6.45) is -0.137. The van der Waals surface area contributed by atoms with Gasteiger partial charge in [-0.25, -0.2) is 18.1 Å². The third-order valence-electron chi connectivity index (χ3n) is 7.52. The molecule has 2 fully saturated rings. The summed E-state index contributed by atoms with van der Waals surface area (Å²) in [5, 5.41) is 20.0. The van der Waals surface area contributed by atoms with E-state index in [-0.39, 0.29) is 40.7 Å². The molecule has 0 aromatic heterocycles. The normalized spacial score (nSPS) is 21.5. The number of β-amino-alcohol motifs (C(OH)–C–C–N with tert-alkyl or cyclic N) is 1. The van der Waals surface area contributed by atoms with Crippen molar-refractivity contribution < 1.29 is 36.3 Å². The number of carbonyl (C=O) groups excluding carboxylic acids is 2. The van der Waals surface area contributed by atoms with Crippen molar-refractivity contribution in [1.82, 2.24) is 9.80 Å². The first kappa shape index (κ1) is 31.5. The van der Waals surface area contributed by atoms with Crippen LogP contribution < -0.4 is 4.90 Å². The summed E-state index contributed by atoms with van der Waals surface area (Å²) in [6.45, 7) is 4.01. The maximum atomic E-state index is 13.4. The lowest BCUT2D eigenvalue weighted by molar-refractivity contribution is -0.138. The Kier molecular flexibility index (Phi) is 8.25. The van der Waals surface area contributed by atoms with Crippen molar-refractivity contribution in [3.8, 4) is 6.07 Å². The van der Waals surface area contributed by atoms with Crippen LogP contribution in [0.25, 0.3) is 0 Å². The quantitative estimate of drug-likeness (QED) is 0.359. The van der Waals surface area contributed by atoms with E-state index in [4.69, 9.17) is 16.9 Å². The molecule has 1 unspecified atom stereocenters. The maximum Gasteiger partial charge on any atom is 0.417 e. The number of likely N-dealkylation sites (tertiary alicyclic amines) is 1. The van der Waals surface area contributed by atoms with Crippen molar-refractivity contribution in [1.29, 1.82) is 5.26 Å². The molecule has 224 valence electrons. The summed E-state index contributed by atoms with van der Waals surface area (Å²) in [5.41, 5.74) is -4.15. The van der Waals surface area contributed by atoms with Crippen LogP contribution in [0.1, 0.15) is 37.0 Å². The van der Waals surface area contributed by atoms with Gasteiger partial charge < -0.3 is 10.0 Å². The second-order valence-corrected chi connectivity index (χ2v) is 13.2. The fourth-order valence-corrected chi connectivity index (χ4v) is 6.45. The third kappa shape index (κ3) is 5.89. The molecule has 4 rings (SSSR count). The van der Waals surface area contributed by atoms with Gasteiger partial charge in [0.15, 0.2) is 9.84 Å². The molecule has 2 aromatic rings. The van der Waals surface area contributed by atoms with Crippen molar-refractivity contribution in [2.75, 3.05) is 37.3 Å². The molecule has 3 amide bonds. The van der Waals surface area contributed by atoms with Gasteiger partial charge in [0.25, 0.3) is 5.91 Å². The van der Waals surface area contributed by atoms with Crippen LogP contribution >= 0.6 is 11.6 Å². The molecule has 0 radical (unpaired) electrons. The van der Waals surface area contributed by atoms with Gasteiger partial charge in [0, 0.05) is 32.4 Å². The van der Waals surface area contributed by atoms with Crippen molar-refractivity contribution in [2.24, 2.45) is 0 Å². The molecule has 0 spiro atoms. The number of urea groups is 1. The summed E-state index contributed by atoms with van der Waals surface area (Å²) < 4.78 is 64.0. The Balaban J connectivity index is 1.43. The number of nitrogens with zero attached hydrogens (tertiary/aromatic N) is 4. The summed E-state index contributed by atoms with van der Waals surface area (Å²) in [6, 6.07) is 7.96. The van der Waals surface area contributed by atoms with Crippen LogP contribution in [0.3, 0.4) is 0 Å². The Morgan fingerprint density at radius 2 is 1.79 bits per heavy atom. The number of halogens is 4. The lowest BCUT2D eigenvalue weighted by Gasteiger charge is -2.26. The number of carbonyl (C=O) groups is 2. The zero-order valence-corrected chi connectivity index (χ0v) is 24.5. The molecule has 1 N–H and O–H groups in total. The average molecular weight is 625 g/mol. The highest BCUT2D eigenvalue weighted by Gasteiger charge is 2.51. The Morgan fingerprint density at radius 1 is 1.12 bits per heavy atom. The van der Waals surface area contributed by atoms with Crippen LogP contribution in [0.5, 0.6) is 0 Å². The zero-order chi connectivity index (χ0) is 31.3.